The second-order valence-electron chi connectivity index (χ2n) is 6.90. The van der Waals surface area contributed by atoms with Crippen LogP contribution in [0, 0.1) is 5.92 Å². The molecule has 0 radical (unpaired) electrons. The van der Waals surface area contributed by atoms with Crippen LogP contribution in [0.2, 0.25) is 0 Å². The van der Waals surface area contributed by atoms with Gasteiger partial charge in [-0.05, 0) is 45.4 Å². The second-order valence-corrected chi connectivity index (χ2v) is 6.90. The molecule has 24 heavy (non-hydrogen) atoms. The molecule has 1 aromatic rings. The topological polar surface area (TPSA) is 70.2 Å². The highest BCUT2D eigenvalue weighted by Crippen LogP contribution is 2.25. The maximum atomic E-state index is 11.8. The van der Waals surface area contributed by atoms with E-state index in [4.69, 9.17) is 0 Å². The summed E-state index contributed by atoms with van der Waals surface area (Å²) in [6.45, 7) is 9.06. The molecule has 0 aliphatic carbocycles. The molecule has 1 fully saturated rings. The molecule has 1 aliphatic rings. The van der Waals surface area contributed by atoms with Crippen molar-refractivity contribution in [3.8, 4) is 0 Å². The Morgan fingerprint density at radius 1 is 1.42 bits per heavy atom. The van der Waals surface area contributed by atoms with Crippen molar-refractivity contribution in [2.75, 3.05) is 29.9 Å². The molecule has 2 rings (SSSR count). The fraction of sp³-hybridized carbons (Fsp3) is 0.722. The first-order chi connectivity index (χ1) is 11.6. The number of rotatable bonds is 8. The van der Waals surface area contributed by atoms with E-state index in [1.807, 2.05) is 19.9 Å². The molecule has 0 bridgehead atoms. The molecular formula is C18H31N5O. The number of amides is 1. The third-order valence-corrected chi connectivity index (χ3v) is 4.28. The Labute approximate surface area is 145 Å². The summed E-state index contributed by atoms with van der Waals surface area (Å²) >= 11 is 0. The first-order valence-electron chi connectivity index (χ1n) is 9.18. The minimum absolute atomic E-state index is 0.162. The average molecular weight is 333 g/mol. The van der Waals surface area contributed by atoms with E-state index in [0.717, 1.165) is 50.5 Å². The molecule has 134 valence electrons. The van der Waals surface area contributed by atoms with Crippen LogP contribution in [0.3, 0.4) is 0 Å². The summed E-state index contributed by atoms with van der Waals surface area (Å²) in [5.74, 6) is 2.59. The first kappa shape index (κ1) is 18.5. The van der Waals surface area contributed by atoms with Gasteiger partial charge in [-0.25, -0.2) is 9.97 Å². The highest BCUT2D eigenvalue weighted by Gasteiger charge is 2.22. The van der Waals surface area contributed by atoms with Gasteiger partial charge < -0.3 is 15.5 Å². The number of carbonyl (C=O) groups is 1. The molecule has 6 heteroatoms. The molecule has 0 saturated carbocycles. The summed E-state index contributed by atoms with van der Waals surface area (Å²) in [5, 5.41) is 6.28. The lowest BCUT2D eigenvalue weighted by Crippen LogP contribution is -2.37. The van der Waals surface area contributed by atoms with E-state index in [9.17, 15) is 4.79 Å². The van der Waals surface area contributed by atoms with Crippen molar-refractivity contribution in [3.63, 3.8) is 0 Å². The fourth-order valence-corrected chi connectivity index (χ4v) is 3.11. The number of carbonyl (C=O) groups excluding carboxylic acids is 1. The third-order valence-electron chi connectivity index (χ3n) is 4.28. The Morgan fingerprint density at radius 3 is 3.00 bits per heavy atom. The molecule has 2 heterocycles. The standard InChI is InChI=1S/C18H31N5O/c1-4-9-19-16-11-17(21-13-20-16)23-10-5-6-15(12-23)7-8-18(24)22-14(2)3/h11,13-15H,4-10,12H2,1-3H3,(H,22,24)(H,19,20,21)/t15-/m1/s1. The Hall–Kier alpha value is -1.85. The van der Waals surface area contributed by atoms with Gasteiger partial charge in [0.25, 0.3) is 0 Å². The van der Waals surface area contributed by atoms with E-state index >= 15 is 0 Å². The molecular weight excluding hydrogens is 302 g/mol. The summed E-state index contributed by atoms with van der Waals surface area (Å²) in [7, 11) is 0. The van der Waals surface area contributed by atoms with Gasteiger partial charge in [-0.15, -0.1) is 0 Å². The van der Waals surface area contributed by atoms with Gasteiger partial charge in [-0.1, -0.05) is 6.92 Å². The van der Waals surface area contributed by atoms with Gasteiger partial charge in [0.15, 0.2) is 0 Å². The molecule has 1 aliphatic heterocycles. The number of anilines is 2. The molecule has 1 atom stereocenters. The fourth-order valence-electron chi connectivity index (χ4n) is 3.11. The molecule has 0 spiro atoms. The number of piperidine rings is 1. The van der Waals surface area contributed by atoms with Crippen LogP contribution in [-0.2, 0) is 4.79 Å². The molecule has 1 aromatic heterocycles. The van der Waals surface area contributed by atoms with Crippen molar-refractivity contribution in [2.24, 2.45) is 5.92 Å². The van der Waals surface area contributed by atoms with Gasteiger partial charge in [0.2, 0.25) is 5.91 Å². The van der Waals surface area contributed by atoms with Crippen molar-refractivity contribution in [2.45, 2.75) is 58.9 Å². The van der Waals surface area contributed by atoms with Crippen molar-refractivity contribution >= 4 is 17.5 Å². The van der Waals surface area contributed by atoms with Gasteiger partial charge in [-0.2, -0.15) is 0 Å². The van der Waals surface area contributed by atoms with Crippen LogP contribution >= 0.6 is 0 Å². The lowest BCUT2D eigenvalue weighted by Gasteiger charge is -2.33. The Kier molecular flexibility index (Phi) is 7.28. The Balaban J connectivity index is 1.87. The van der Waals surface area contributed by atoms with E-state index in [1.54, 1.807) is 6.33 Å². The highest BCUT2D eigenvalue weighted by molar-refractivity contribution is 5.76. The van der Waals surface area contributed by atoms with E-state index in [2.05, 4.69) is 32.4 Å². The van der Waals surface area contributed by atoms with Gasteiger partial charge in [0.1, 0.15) is 18.0 Å². The zero-order valence-electron chi connectivity index (χ0n) is 15.2. The van der Waals surface area contributed by atoms with Crippen LogP contribution in [0.25, 0.3) is 0 Å². The molecule has 1 amide bonds. The monoisotopic (exact) mass is 333 g/mol. The summed E-state index contributed by atoms with van der Waals surface area (Å²) in [4.78, 5) is 22.9. The first-order valence-corrected chi connectivity index (χ1v) is 9.18. The zero-order chi connectivity index (χ0) is 17.4. The minimum Gasteiger partial charge on any atom is -0.370 e. The predicted molar refractivity (Wildman–Crippen MR) is 98.3 cm³/mol. The Morgan fingerprint density at radius 2 is 2.25 bits per heavy atom. The van der Waals surface area contributed by atoms with Crippen LogP contribution in [0.15, 0.2) is 12.4 Å². The van der Waals surface area contributed by atoms with Gasteiger partial charge in [0.05, 0.1) is 0 Å². The highest BCUT2D eigenvalue weighted by atomic mass is 16.1. The SMILES string of the molecule is CCCNc1cc(N2CCC[C@H](CCC(=O)NC(C)C)C2)ncn1. The van der Waals surface area contributed by atoms with Gasteiger partial charge in [0, 0.05) is 38.2 Å². The number of hydrogen-bond donors (Lipinski definition) is 2. The van der Waals surface area contributed by atoms with Crippen LogP contribution < -0.4 is 15.5 Å². The zero-order valence-corrected chi connectivity index (χ0v) is 15.2. The van der Waals surface area contributed by atoms with Crippen LogP contribution in [0.4, 0.5) is 11.6 Å². The van der Waals surface area contributed by atoms with Crippen LogP contribution in [0.1, 0.15) is 52.9 Å². The van der Waals surface area contributed by atoms with Gasteiger partial charge >= 0.3 is 0 Å². The quantitative estimate of drug-likeness (QED) is 0.765. The molecule has 0 unspecified atom stereocenters. The van der Waals surface area contributed by atoms with Crippen molar-refractivity contribution < 1.29 is 4.79 Å². The van der Waals surface area contributed by atoms with E-state index in [1.165, 1.54) is 6.42 Å². The predicted octanol–water partition coefficient (Wildman–Crippen LogP) is 2.82. The lowest BCUT2D eigenvalue weighted by molar-refractivity contribution is -0.121. The summed E-state index contributed by atoms with van der Waals surface area (Å²) in [6.07, 6.45) is 6.61. The minimum atomic E-state index is 0.162. The number of aromatic nitrogens is 2. The summed E-state index contributed by atoms with van der Waals surface area (Å²) in [5.41, 5.74) is 0. The van der Waals surface area contributed by atoms with Crippen molar-refractivity contribution in [3.05, 3.63) is 12.4 Å². The molecule has 6 nitrogen and oxygen atoms in total. The Bertz CT molecular complexity index is 520. The van der Waals surface area contributed by atoms with E-state index < -0.39 is 0 Å². The second kappa shape index (κ2) is 9.45. The van der Waals surface area contributed by atoms with E-state index in [-0.39, 0.29) is 11.9 Å². The smallest absolute Gasteiger partial charge is 0.220 e. The van der Waals surface area contributed by atoms with Gasteiger partial charge in [-0.3, -0.25) is 4.79 Å². The maximum absolute atomic E-state index is 11.8. The average Bonchev–Trinajstić information content (AvgIpc) is 2.58. The van der Waals surface area contributed by atoms with Crippen LogP contribution in [0.5, 0.6) is 0 Å². The normalized spacial score (nSPS) is 17.8. The lowest BCUT2D eigenvalue weighted by atomic mass is 9.93. The molecule has 2 N–H and O–H groups in total. The summed E-state index contributed by atoms with van der Waals surface area (Å²) < 4.78 is 0. The van der Waals surface area contributed by atoms with Crippen LogP contribution in [-0.4, -0.2) is 41.6 Å². The van der Waals surface area contributed by atoms with E-state index in [0.29, 0.717) is 12.3 Å². The molecule has 0 aromatic carbocycles. The number of nitrogens with one attached hydrogen (secondary N) is 2. The van der Waals surface area contributed by atoms with Crippen molar-refractivity contribution in [1.82, 2.24) is 15.3 Å². The number of hydrogen-bond acceptors (Lipinski definition) is 5. The third kappa shape index (κ3) is 5.98. The van der Waals surface area contributed by atoms with Crippen molar-refractivity contribution in [1.29, 1.82) is 0 Å². The summed E-state index contributed by atoms with van der Waals surface area (Å²) in [6, 6.07) is 2.25. The number of nitrogens with zero attached hydrogens (tertiary/aromatic N) is 3. The maximum Gasteiger partial charge on any atom is 0.220 e. The largest absolute Gasteiger partial charge is 0.370 e. The molecule has 1 saturated heterocycles.